The van der Waals surface area contributed by atoms with Crippen LogP contribution >= 0.6 is 21.9 Å². The summed E-state index contributed by atoms with van der Waals surface area (Å²) in [7, 11) is 2.80. The van der Waals surface area contributed by atoms with Crippen LogP contribution in [0.5, 0.6) is 0 Å². The molecule has 0 amide bonds. The molecule has 17 heavy (non-hydrogen) atoms. The van der Waals surface area contributed by atoms with Gasteiger partial charge in [-0.1, -0.05) is 13.8 Å². The number of esters is 1. The first kappa shape index (κ1) is 16.9. The van der Waals surface area contributed by atoms with E-state index >= 15 is 0 Å². The number of hydrogen-bond acceptors (Lipinski definition) is 4. The molecular weight excluding hydrogens is 253 g/mol. The maximum atomic E-state index is 11.4. The van der Waals surface area contributed by atoms with Gasteiger partial charge >= 0.3 is 5.97 Å². The Morgan fingerprint density at radius 3 is 2.76 bits per heavy atom. The third-order valence-electron chi connectivity index (χ3n) is 2.43. The number of hydrogen-bond donors (Lipinski definition) is 1. The topological polar surface area (TPSA) is 29.5 Å². The van der Waals surface area contributed by atoms with Crippen molar-refractivity contribution in [2.24, 2.45) is 0 Å². The summed E-state index contributed by atoms with van der Waals surface area (Å²) in [6.07, 6.45) is 3.30. The zero-order valence-electron chi connectivity index (χ0n) is 10.8. The lowest BCUT2D eigenvalue weighted by Crippen LogP contribution is -2.28. The standard InChI is InChI=1S/C12H24NO2PS/c1-3-13(7-5-11(2)16)8-6-12(14)15-9-4-10-17/h4,10-11,17H,3,5-9,16H2,1-2H3/b10-4-. The van der Waals surface area contributed by atoms with Crippen LogP contribution in [-0.4, -0.2) is 42.8 Å². The van der Waals surface area contributed by atoms with Gasteiger partial charge in [0.15, 0.2) is 0 Å². The molecule has 0 N–H and O–H groups in total. The van der Waals surface area contributed by atoms with Gasteiger partial charge in [-0.2, -0.15) is 12.6 Å². The number of thiol groups is 1. The van der Waals surface area contributed by atoms with Crippen molar-refractivity contribution < 1.29 is 9.53 Å². The van der Waals surface area contributed by atoms with Gasteiger partial charge in [0, 0.05) is 6.54 Å². The first-order chi connectivity index (χ1) is 8.10. The van der Waals surface area contributed by atoms with Crippen LogP contribution in [0.25, 0.3) is 0 Å². The maximum Gasteiger partial charge on any atom is 0.307 e. The molecule has 5 heteroatoms. The third kappa shape index (κ3) is 10.8. The van der Waals surface area contributed by atoms with Gasteiger partial charge in [-0.05, 0) is 36.7 Å². The van der Waals surface area contributed by atoms with E-state index in [1.807, 2.05) is 0 Å². The van der Waals surface area contributed by atoms with E-state index in [1.54, 1.807) is 11.5 Å². The first-order valence-corrected chi connectivity index (χ1v) is 7.21. The molecule has 0 spiro atoms. The summed E-state index contributed by atoms with van der Waals surface area (Å²) in [5.41, 5.74) is 0.622. The summed E-state index contributed by atoms with van der Waals surface area (Å²) in [5.74, 6) is -0.145. The fourth-order valence-corrected chi connectivity index (χ4v) is 1.56. The van der Waals surface area contributed by atoms with Gasteiger partial charge in [-0.15, -0.1) is 9.24 Å². The second-order valence-corrected chi connectivity index (χ2v) is 5.45. The second-order valence-electron chi connectivity index (χ2n) is 4.02. The van der Waals surface area contributed by atoms with E-state index in [9.17, 15) is 4.79 Å². The van der Waals surface area contributed by atoms with Gasteiger partial charge in [-0.3, -0.25) is 4.79 Å². The molecule has 0 aromatic carbocycles. The molecule has 0 fully saturated rings. The highest BCUT2D eigenvalue weighted by atomic mass is 32.1. The predicted octanol–water partition coefficient (Wildman–Crippen LogP) is 2.34. The summed E-state index contributed by atoms with van der Waals surface area (Å²) in [6.45, 7) is 7.39. The molecule has 0 heterocycles. The molecule has 0 aromatic rings. The lowest BCUT2D eigenvalue weighted by Gasteiger charge is -2.20. The Hall–Kier alpha value is -0.0500. The summed E-state index contributed by atoms with van der Waals surface area (Å²) in [4.78, 5) is 13.6. The number of rotatable bonds is 9. The Morgan fingerprint density at radius 1 is 1.53 bits per heavy atom. The highest BCUT2D eigenvalue weighted by Gasteiger charge is 2.07. The van der Waals surface area contributed by atoms with Crippen LogP contribution in [0.2, 0.25) is 0 Å². The van der Waals surface area contributed by atoms with Crippen molar-refractivity contribution in [3.63, 3.8) is 0 Å². The van der Waals surface area contributed by atoms with Crippen molar-refractivity contribution in [2.75, 3.05) is 26.2 Å². The molecule has 2 atom stereocenters. The van der Waals surface area contributed by atoms with E-state index < -0.39 is 0 Å². The molecule has 2 unspecified atom stereocenters. The van der Waals surface area contributed by atoms with Crippen molar-refractivity contribution in [2.45, 2.75) is 32.3 Å². The third-order valence-corrected chi connectivity index (χ3v) is 2.97. The molecule has 0 radical (unpaired) electrons. The minimum absolute atomic E-state index is 0.145. The molecule has 0 aliphatic heterocycles. The molecule has 0 bridgehead atoms. The van der Waals surface area contributed by atoms with Gasteiger partial charge in [0.1, 0.15) is 6.61 Å². The fourth-order valence-electron chi connectivity index (χ4n) is 1.32. The van der Waals surface area contributed by atoms with Crippen LogP contribution in [0.3, 0.4) is 0 Å². The zero-order chi connectivity index (χ0) is 13.1. The lowest BCUT2D eigenvalue weighted by atomic mass is 10.3. The maximum absolute atomic E-state index is 11.4. The molecule has 0 aliphatic rings. The summed E-state index contributed by atoms with van der Waals surface area (Å²) in [6, 6.07) is 0. The van der Waals surface area contributed by atoms with E-state index in [1.165, 1.54) is 0 Å². The summed E-state index contributed by atoms with van der Waals surface area (Å²) >= 11 is 3.89. The van der Waals surface area contributed by atoms with Gasteiger partial charge in [-0.25, -0.2) is 0 Å². The van der Waals surface area contributed by atoms with Crippen molar-refractivity contribution in [1.82, 2.24) is 4.90 Å². The minimum Gasteiger partial charge on any atom is -0.461 e. The predicted molar refractivity (Wildman–Crippen MR) is 79.6 cm³/mol. The Balaban J connectivity index is 3.70. The molecule has 0 aromatic heterocycles. The SMILES string of the molecule is CCN(CCC(=O)OC/C=C\S)CCC(C)P. The smallest absolute Gasteiger partial charge is 0.307 e. The Morgan fingerprint density at radius 2 is 2.24 bits per heavy atom. The molecule has 3 nitrogen and oxygen atoms in total. The number of carbonyl (C=O) groups is 1. The van der Waals surface area contributed by atoms with Crippen LogP contribution in [0.1, 0.15) is 26.7 Å². The van der Waals surface area contributed by atoms with E-state index in [0.29, 0.717) is 18.7 Å². The average molecular weight is 277 g/mol. The fraction of sp³-hybridized carbons (Fsp3) is 0.750. The summed E-state index contributed by atoms with van der Waals surface area (Å²) < 4.78 is 5.00. The van der Waals surface area contributed by atoms with Crippen LogP contribution in [0.15, 0.2) is 11.5 Å². The Labute approximate surface area is 113 Å². The average Bonchev–Trinajstić information content (AvgIpc) is 2.29. The largest absolute Gasteiger partial charge is 0.461 e. The van der Waals surface area contributed by atoms with E-state index in [-0.39, 0.29) is 5.97 Å². The van der Waals surface area contributed by atoms with Crippen molar-refractivity contribution in [3.05, 3.63) is 11.5 Å². The van der Waals surface area contributed by atoms with E-state index in [0.717, 1.165) is 26.1 Å². The van der Waals surface area contributed by atoms with Gasteiger partial charge < -0.3 is 9.64 Å². The number of ether oxygens (including phenoxy) is 1. The lowest BCUT2D eigenvalue weighted by molar-refractivity contribution is -0.142. The molecule has 100 valence electrons. The van der Waals surface area contributed by atoms with Gasteiger partial charge in [0.05, 0.1) is 6.42 Å². The Kier molecular flexibility index (Phi) is 11.0. The highest BCUT2D eigenvalue weighted by molar-refractivity contribution is 7.83. The Bertz CT molecular complexity index is 235. The van der Waals surface area contributed by atoms with Crippen LogP contribution < -0.4 is 0 Å². The van der Waals surface area contributed by atoms with Crippen LogP contribution in [0.4, 0.5) is 0 Å². The molecule has 0 rings (SSSR count). The van der Waals surface area contributed by atoms with Crippen molar-refractivity contribution in [1.29, 1.82) is 0 Å². The monoisotopic (exact) mass is 277 g/mol. The van der Waals surface area contributed by atoms with E-state index in [4.69, 9.17) is 4.74 Å². The first-order valence-electron chi connectivity index (χ1n) is 6.02. The van der Waals surface area contributed by atoms with Crippen LogP contribution in [0, 0.1) is 0 Å². The second kappa shape index (κ2) is 11.1. The number of carbonyl (C=O) groups excluding carboxylic acids is 1. The highest BCUT2D eigenvalue weighted by Crippen LogP contribution is 2.05. The van der Waals surface area contributed by atoms with Crippen molar-refractivity contribution in [3.8, 4) is 0 Å². The summed E-state index contributed by atoms with van der Waals surface area (Å²) in [5, 5.41) is 1.58. The quantitative estimate of drug-likeness (QED) is 0.398. The van der Waals surface area contributed by atoms with Crippen molar-refractivity contribution >= 4 is 27.8 Å². The zero-order valence-corrected chi connectivity index (χ0v) is 12.8. The molecular formula is C12H24NO2PS. The van der Waals surface area contributed by atoms with Gasteiger partial charge in [0.2, 0.25) is 0 Å². The van der Waals surface area contributed by atoms with E-state index in [2.05, 4.69) is 40.6 Å². The number of nitrogens with zero attached hydrogens (tertiary/aromatic N) is 1. The minimum atomic E-state index is -0.145. The molecule has 0 saturated heterocycles. The normalized spacial score (nSPS) is 13.2. The van der Waals surface area contributed by atoms with Gasteiger partial charge in [0.25, 0.3) is 0 Å². The molecule has 0 aliphatic carbocycles. The molecule has 0 saturated carbocycles. The van der Waals surface area contributed by atoms with Crippen LogP contribution in [-0.2, 0) is 9.53 Å².